The third-order valence-electron chi connectivity index (χ3n) is 2.03. The smallest absolute Gasteiger partial charge is 0.192 e. The largest absolute Gasteiger partial charge is 0.417 e. The lowest BCUT2D eigenvalue weighted by Crippen LogP contribution is -2.07. The van der Waals surface area contributed by atoms with Gasteiger partial charge in [-0.3, -0.25) is 0 Å². The summed E-state index contributed by atoms with van der Waals surface area (Å²) in [5.74, 6) is 0. The third-order valence-corrected chi connectivity index (χ3v) is 2.03. The van der Waals surface area contributed by atoms with Gasteiger partial charge in [-0.25, -0.2) is 0 Å². The molecule has 0 spiro atoms. The first kappa shape index (κ1) is 13.6. The molecule has 0 unspecified atom stereocenters. The standard InChI is InChI=1S/C11H7F3N4/c12-11(13,14)10-6-8(2-1-5-17-18-16)3-4-9(10)7-15/h1-4,6H,5H2. The molecule has 0 aromatic heterocycles. The average molecular weight is 252 g/mol. The molecule has 0 aliphatic heterocycles. The van der Waals surface area contributed by atoms with Crippen molar-refractivity contribution in [3.05, 3.63) is 51.4 Å². The Kier molecular flexibility index (Phi) is 4.35. The molecule has 0 saturated carbocycles. The number of halogens is 3. The highest BCUT2D eigenvalue weighted by Gasteiger charge is 2.33. The summed E-state index contributed by atoms with van der Waals surface area (Å²) in [5, 5.41) is 11.8. The molecule has 0 bridgehead atoms. The van der Waals surface area contributed by atoms with Crippen LogP contribution in [0.4, 0.5) is 13.2 Å². The van der Waals surface area contributed by atoms with Gasteiger partial charge in [0.05, 0.1) is 17.2 Å². The van der Waals surface area contributed by atoms with E-state index in [1.807, 2.05) is 0 Å². The van der Waals surface area contributed by atoms with Crippen LogP contribution in [-0.4, -0.2) is 6.54 Å². The number of benzene rings is 1. The normalized spacial score (nSPS) is 11.0. The SMILES string of the molecule is N#Cc1ccc(C=CCN=[N+]=[N-])cc1C(F)(F)F. The van der Waals surface area contributed by atoms with E-state index in [0.717, 1.165) is 12.1 Å². The summed E-state index contributed by atoms with van der Waals surface area (Å²) < 4.78 is 37.8. The zero-order chi connectivity index (χ0) is 13.6. The Bertz CT molecular complexity index is 548. The van der Waals surface area contributed by atoms with Crippen LogP contribution in [0.2, 0.25) is 0 Å². The molecule has 0 saturated heterocycles. The molecule has 0 N–H and O–H groups in total. The van der Waals surface area contributed by atoms with E-state index < -0.39 is 17.3 Å². The van der Waals surface area contributed by atoms with Gasteiger partial charge in [-0.15, -0.1) is 0 Å². The van der Waals surface area contributed by atoms with Gasteiger partial charge >= 0.3 is 6.18 Å². The van der Waals surface area contributed by atoms with E-state index in [0.29, 0.717) is 0 Å². The third kappa shape index (κ3) is 3.54. The van der Waals surface area contributed by atoms with Crippen molar-refractivity contribution in [2.24, 2.45) is 5.11 Å². The van der Waals surface area contributed by atoms with Crippen LogP contribution in [0.25, 0.3) is 16.5 Å². The van der Waals surface area contributed by atoms with Gasteiger partial charge in [-0.05, 0) is 23.2 Å². The highest BCUT2D eigenvalue weighted by Crippen LogP contribution is 2.32. The Morgan fingerprint density at radius 3 is 2.72 bits per heavy atom. The van der Waals surface area contributed by atoms with Gasteiger partial charge in [-0.1, -0.05) is 23.3 Å². The monoisotopic (exact) mass is 252 g/mol. The van der Waals surface area contributed by atoms with Crippen LogP contribution in [0.5, 0.6) is 0 Å². The predicted molar refractivity (Wildman–Crippen MR) is 59.2 cm³/mol. The van der Waals surface area contributed by atoms with Crippen molar-refractivity contribution in [2.75, 3.05) is 6.54 Å². The number of azide groups is 1. The average Bonchev–Trinajstić information content (AvgIpc) is 2.33. The van der Waals surface area contributed by atoms with Crippen LogP contribution in [0.15, 0.2) is 29.4 Å². The molecule has 0 aliphatic rings. The first-order valence-electron chi connectivity index (χ1n) is 4.78. The minimum absolute atomic E-state index is 0.0534. The van der Waals surface area contributed by atoms with Gasteiger partial charge in [0, 0.05) is 11.5 Å². The molecule has 0 atom stereocenters. The van der Waals surface area contributed by atoms with E-state index in [1.165, 1.54) is 24.3 Å². The lowest BCUT2D eigenvalue weighted by molar-refractivity contribution is -0.137. The topological polar surface area (TPSA) is 72.5 Å². The minimum atomic E-state index is -4.57. The maximum Gasteiger partial charge on any atom is 0.417 e. The highest BCUT2D eigenvalue weighted by molar-refractivity contribution is 5.54. The number of nitriles is 1. The Balaban J connectivity index is 3.08. The van der Waals surface area contributed by atoms with E-state index in [4.69, 9.17) is 10.8 Å². The van der Waals surface area contributed by atoms with Crippen molar-refractivity contribution in [3.63, 3.8) is 0 Å². The van der Waals surface area contributed by atoms with Gasteiger partial charge in [0.25, 0.3) is 0 Å². The molecule has 4 nitrogen and oxygen atoms in total. The Hall–Kier alpha value is -2.45. The van der Waals surface area contributed by atoms with E-state index in [1.54, 1.807) is 0 Å². The molecular weight excluding hydrogens is 245 g/mol. The number of rotatable bonds is 3. The molecule has 1 rings (SSSR count). The zero-order valence-corrected chi connectivity index (χ0v) is 9.02. The quantitative estimate of drug-likeness (QED) is 0.456. The zero-order valence-electron chi connectivity index (χ0n) is 9.02. The first-order valence-corrected chi connectivity index (χ1v) is 4.78. The number of alkyl halides is 3. The van der Waals surface area contributed by atoms with Gasteiger partial charge in [0.15, 0.2) is 0 Å². The van der Waals surface area contributed by atoms with Crippen molar-refractivity contribution in [2.45, 2.75) is 6.18 Å². The Morgan fingerprint density at radius 2 is 2.17 bits per heavy atom. The molecular formula is C11H7F3N4. The summed E-state index contributed by atoms with van der Waals surface area (Å²) in [5.41, 5.74) is 6.91. The molecule has 0 amide bonds. The van der Waals surface area contributed by atoms with E-state index >= 15 is 0 Å². The van der Waals surface area contributed by atoms with Gasteiger partial charge < -0.3 is 0 Å². The van der Waals surface area contributed by atoms with Crippen molar-refractivity contribution in [1.29, 1.82) is 5.26 Å². The molecule has 1 aromatic carbocycles. The first-order chi connectivity index (χ1) is 8.49. The highest BCUT2D eigenvalue weighted by atomic mass is 19.4. The van der Waals surface area contributed by atoms with E-state index in [9.17, 15) is 13.2 Å². The molecule has 92 valence electrons. The number of nitrogens with zero attached hydrogens (tertiary/aromatic N) is 4. The van der Waals surface area contributed by atoms with Gasteiger partial charge in [-0.2, -0.15) is 18.4 Å². The van der Waals surface area contributed by atoms with Crippen LogP contribution in [0.3, 0.4) is 0 Å². The lowest BCUT2D eigenvalue weighted by Gasteiger charge is -2.09. The van der Waals surface area contributed by atoms with Crippen LogP contribution >= 0.6 is 0 Å². The summed E-state index contributed by atoms with van der Waals surface area (Å²) in [6.07, 6.45) is -1.74. The van der Waals surface area contributed by atoms with Crippen molar-refractivity contribution in [1.82, 2.24) is 0 Å². The van der Waals surface area contributed by atoms with Crippen LogP contribution in [0, 0.1) is 11.3 Å². The Labute approximate surface area is 101 Å². The second kappa shape index (κ2) is 5.75. The molecule has 18 heavy (non-hydrogen) atoms. The molecule has 7 heteroatoms. The van der Waals surface area contributed by atoms with Crippen LogP contribution in [-0.2, 0) is 6.18 Å². The fraction of sp³-hybridized carbons (Fsp3) is 0.182. The van der Waals surface area contributed by atoms with Gasteiger partial charge in [0.2, 0.25) is 0 Å². The predicted octanol–water partition coefficient (Wildman–Crippen LogP) is 3.90. The minimum Gasteiger partial charge on any atom is -0.192 e. The number of hydrogen-bond acceptors (Lipinski definition) is 2. The fourth-order valence-electron chi connectivity index (χ4n) is 1.27. The fourth-order valence-corrected chi connectivity index (χ4v) is 1.27. The van der Waals surface area contributed by atoms with Crippen molar-refractivity contribution >= 4 is 6.08 Å². The molecule has 0 heterocycles. The summed E-state index contributed by atoms with van der Waals surface area (Å²) in [7, 11) is 0. The number of hydrogen-bond donors (Lipinski definition) is 0. The Morgan fingerprint density at radius 1 is 1.44 bits per heavy atom. The van der Waals surface area contributed by atoms with Crippen LogP contribution in [0.1, 0.15) is 16.7 Å². The second-order valence-electron chi connectivity index (χ2n) is 3.23. The van der Waals surface area contributed by atoms with E-state index in [2.05, 4.69) is 10.0 Å². The second-order valence-corrected chi connectivity index (χ2v) is 3.23. The lowest BCUT2D eigenvalue weighted by atomic mass is 10.0. The maximum absolute atomic E-state index is 12.6. The van der Waals surface area contributed by atoms with Crippen molar-refractivity contribution < 1.29 is 13.2 Å². The summed E-state index contributed by atoms with van der Waals surface area (Å²) in [6.45, 7) is 0.0534. The maximum atomic E-state index is 12.6. The molecule has 0 fully saturated rings. The van der Waals surface area contributed by atoms with Gasteiger partial charge in [0.1, 0.15) is 0 Å². The molecule has 1 aromatic rings. The van der Waals surface area contributed by atoms with Crippen molar-refractivity contribution in [3.8, 4) is 6.07 Å². The summed E-state index contributed by atoms with van der Waals surface area (Å²) >= 11 is 0. The molecule has 0 aliphatic carbocycles. The van der Waals surface area contributed by atoms with Crippen LogP contribution < -0.4 is 0 Å². The van der Waals surface area contributed by atoms with E-state index in [-0.39, 0.29) is 12.1 Å². The summed E-state index contributed by atoms with van der Waals surface area (Å²) in [6, 6.07) is 4.87. The molecule has 0 radical (unpaired) electrons. The summed E-state index contributed by atoms with van der Waals surface area (Å²) in [4.78, 5) is 2.50.